The van der Waals surface area contributed by atoms with Crippen LogP contribution < -0.4 is 4.72 Å². The van der Waals surface area contributed by atoms with Crippen LogP contribution in [-0.2, 0) is 10.0 Å². The zero-order chi connectivity index (χ0) is 23.8. The number of hydrogen-bond donors (Lipinski definition) is 2. The van der Waals surface area contributed by atoms with Gasteiger partial charge >= 0.3 is 0 Å². The Labute approximate surface area is 195 Å². The molecule has 170 valence electrons. The van der Waals surface area contributed by atoms with E-state index >= 15 is 4.39 Å². The van der Waals surface area contributed by atoms with Crippen LogP contribution in [0, 0.1) is 11.6 Å². The van der Waals surface area contributed by atoms with E-state index in [0.717, 1.165) is 23.3 Å². The van der Waals surface area contributed by atoms with E-state index in [-0.39, 0.29) is 17.0 Å². The molecule has 0 aliphatic carbocycles. The number of pyridine rings is 1. The molecule has 0 spiro atoms. The van der Waals surface area contributed by atoms with E-state index in [1.54, 1.807) is 31.5 Å². The van der Waals surface area contributed by atoms with E-state index < -0.39 is 27.2 Å². The SMILES string of the molecule is C=C(c1c(F)ccc(NS(=O)(=O)CCC)c1F)c1c[nH]c2ncc(-c3cccc(Cl)c3)cc12. The molecule has 0 fully saturated rings. The minimum atomic E-state index is -3.76. The number of hydrogen-bond acceptors (Lipinski definition) is 3. The average Bonchev–Trinajstić information content (AvgIpc) is 3.19. The van der Waals surface area contributed by atoms with Crippen molar-refractivity contribution in [3.8, 4) is 11.1 Å². The quantitative estimate of drug-likeness (QED) is 0.318. The molecule has 0 radical (unpaired) electrons. The third-order valence-electron chi connectivity index (χ3n) is 5.15. The summed E-state index contributed by atoms with van der Waals surface area (Å²) in [5, 5.41) is 1.17. The number of halogens is 3. The second-order valence-corrected chi connectivity index (χ2v) is 9.79. The topological polar surface area (TPSA) is 74.8 Å². The smallest absolute Gasteiger partial charge is 0.232 e. The number of H-pyrrole nitrogens is 1. The van der Waals surface area contributed by atoms with Gasteiger partial charge in [-0.05, 0) is 47.9 Å². The largest absolute Gasteiger partial charge is 0.346 e. The Hall–Kier alpha value is -3.23. The highest BCUT2D eigenvalue weighted by Crippen LogP contribution is 2.35. The molecule has 2 heterocycles. The van der Waals surface area contributed by atoms with Crippen molar-refractivity contribution in [2.75, 3.05) is 10.5 Å². The predicted octanol–water partition coefficient (Wildman–Crippen LogP) is 6.37. The van der Waals surface area contributed by atoms with Crippen molar-refractivity contribution in [3.63, 3.8) is 0 Å². The summed E-state index contributed by atoms with van der Waals surface area (Å²) in [6, 6.07) is 11.1. The third kappa shape index (κ3) is 4.62. The van der Waals surface area contributed by atoms with Gasteiger partial charge in [0.15, 0.2) is 5.82 Å². The molecular formula is C24H20ClF2N3O2S. The zero-order valence-electron chi connectivity index (χ0n) is 17.6. The molecular weight excluding hydrogens is 468 g/mol. The molecule has 2 N–H and O–H groups in total. The summed E-state index contributed by atoms with van der Waals surface area (Å²) in [5.74, 6) is -2.07. The lowest BCUT2D eigenvalue weighted by atomic mass is 9.97. The Morgan fingerprint density at radius 3 is 2.70 bits per heavy atom. The van der Waals surface area contributed by atoms with Crippen molar-refractivity contribution < 1.29 is 17.2 Å². The maximum Gasteiger partial charge on any atom is 0.232 e. The number of anilines is 1. The van der Waals surface area contributed by atoms with Crippen LogP contribution in [0.5, 0.6) is 0 Å². The highest BCUT2D eigenvalue weighted by molar-refractivity contribution is 7.92. The van der Waals surface area contributed by atoms with E-state index in [4.69, 9.17) is 11.6 Å². The molecule has 9 heteroatoms. The molecule has 0 bridgehead atoms. The fraction of sp³-hybridized carbons (Fsp3) is 0.125. The van der Waals surface area contributed by atoms with Gasteiger partial charge in [-0.2, -0.15) is 0 Å². The van der Waals surface area contributed by atoms with E-state index in [1.165, 1.54) is 0 Å². The van der Waals surface area contributed by atoms with Crippen LogP contribution in [0.3, 0.4) is 0 Å². The molecule has 0 aliphatic rings. The molecule has 0 saturated carbocycles. The van der Waals surface area contributed by atoms with Crippen molar-refractivity contribution >= 4 is 43.9 Å². The molecule has 0 saturated heterocycles. The molecule has 0 amide bonds. The molecule has 2 aromatic carbocycles. The van der Waals surface area contributed by atoms with Gasteiger partial charge < -0.3 is 4.98 Å². The molecule has 2 aromatic heterocycles. The number of nitrogens with zero attached hydrogens (tertiary/aromatic N) is 1. The Morgan fingerprint density at radius 1 is 1.18 bits per heavy atom. The van der Waals surface area contributed by atoms with Crippen LogP contribution in [-0.4, -0.2) is 24.1 Å². The second kappa shape index (κ2) is 8.96. The summed E-state index contributed by atoms with van der Waals surface area (Å²) in [4.78, 5) is 7.38. The van der Waals surface area contributed by atoms with Gasteiger partial charge in [0.25, 0.3) is 0 Å². The van der Waals surface area contributed by atoms with Gasteiger partial charge in [0, 0.05) is 33.9 Å². The van der Waals surface area contributed by atoms with Gasteiger partial charge in [-0.15, -0.1) is 0 Å². The van der Waals surface area contributed by atoms with Crippen LogP contribution in [0.2, 0.25) is 5.02 Å². The number of sulfonamides is 1. The lowest BCUT2D eigenvalue weighted by molar-refractivity contribution is 0.577. The van der Waals surface area contributed by atoms with Gasteiger partial charge in [-0.1, -0.05) is 37.2 Å². The number of rotatable bonds is 7. The summed E-state index contributed by atoms with van der Waals surface area (Å²) in [6.07, 6.45) is 3.59. The molecule has 4 rings (SSSR count). The number of aromatic amines is 1. The fourth-order valence-corrected chi connectivity index (χ4v) is 4.93. The maximum absolute atomic E-state index is 15.3. The van der Waals surface area contributed by atoms with Crippen molar-refractivity contribution in [2.45, 2.75) is 13.3 Å². The van der Waals surface area contributed by atoms with Gasteiger partial charge in [0.05, 0.1) is 17.0 Å². The van der Waals surface area contributed by atoms with Crippen molar-refractivity contribution in [3.05, 3.63) is 89.2 Å². The van der Waals surface area contributed by atoms with E-state index in [0.29, 0.717) is 28.0 Å². The van der Waals surface area contributed by atoms with Crippen molar-refractivity contribution in [1.29, 1.82) is 0 Å². The predicted molar refractivity (Wildman–Crippen MR) is 129 cm³/mol. The minimum Gasteiger partial charge on any atom is -0.346 e. The highest BCUT2D eigenvalue weighted by Gasteiger charge is 2.22. The maximum atomic E-state index is 15.3. The highest BCUT2D eigenvalue weighted by atomic mass is 35.5. The molecule has 0 unspecified atom stereocenters. The van der Waals surface area contributed by atoms with E-state index in [9.17, 15) is 12.8 Å². The summed E-state index contributed by atoms with van der Waals surface area (Å²) < 4.78 is 56.4. The monoisotopic (exact) mass is 487 g/mol. The van der Waals surface area contributed by atoms with Gasteiger partial charge in [0.2, 0.25) is 10.0 Å². The Balaban J connectivity index is 1.79. The van der Waals surface area contributed by atoms with Crippen LogP contribution in [0.4, 0.5) is 14.5 Å². The Kier molecular flexibility index (Phi) is 6.23. The first-order valence-corrected chi connectivity index (χ1v) is 12.1. The summed E-state index contributed by atoms with van der Waals surface area (Å²) in [6.45, 7) is 5.59. The van der Waals surface area contributed by atoms with Crippen LogP contribution in [0.25, 0.3) is 27.7 Å². The lowest BCUT2D eigenvalue weighted by Gasteiger charge is -2.13. The second-order valence-electron chi connectivity index (χ2n) is 7.52. The van der Waals surface area contributed by atoms with Gasteiger partial charge in [0.1, 0.15) is 11.5 Å². The van der Waals surface area contributed by atoms with E-state index in [1.807, 2.05) is 18.2 Å². The average molecular weight is 488 g/mol. The zero-order valence-corrected chi connectivity index (χ0v) is 19.2. The summed E-state index contributed by atoms with van der Waals surface area (Å²) in [7, 11) is -3.76. The lowest BCUT2D eigenvalue weighted by Crippen LogP contribution is -2.17. The molecule has 33 heavy (non-hydrogen) atoms. The molecule has 0 atom stereocenters. The normalized spacial score (nSPS) is 11.6. The standard InChI is InChI=1S/C24H20ClF2N3O2S/c1-3-9-33(31,32)30-21-8-7-20(26)22(23(21)27)14(2)19-13-29-24-18(19)11-16(12-28-24)15-5-4-6-17(25)10-15/h4-8,10-13,30H,2-3,9H2,1H3,(H,28,29). The first-order valence-electron chi connectivity index (χ1n) is 10.1. The van der Waals surface area contributed by atoms with Gasteiger partial charge in [-0.3, -0.25) is 4.72 Å². The van der Waals surface area contributed by atoms with Crippen LogP contribution >= 0.6 is 11.6 Å². The first-order chi connectivity index (χ1) is 15.7. The minimum absolute atomic E-state index is 0.0535. The molecule has 4 aromatic rings. The molecule has 0 aliphatic heterocycles. The van der Waals surface area contributed by atoms with Crippen LogP contribution in [0.1, 0.15) is 24.5 Å². The van der Waals surface area contributed by atoms with Gasteiger partial charge in [-0.25, -0.2) is 22.2 Å². The molecule has 5 nitrogen and oxygen atoms in total. The van der Waals surface area contributed by atoms with E-state index in [2.05, 4.69) is 21.3 Å². The number of fused-ring (bicyclic) bond motifs is 1. The van der Waals surface area contributed by atoms with Crippen LogP contribution in [0.15, 0.2) is 61.4 Å². The van der Waals surface area contributed by atoms with Crippen molar-refractivity contribution in [2.24, 2.45) is 0 Å². The Bertz CT molecular complexity index is 1480. The number of nitrogens with one attached hydrogen (secondary N) is 2. The number of benzene rings is 2. The third-order valence-corrected chi connectivity index (χ3v) is 6.86. The summed E-state index contributed by atoms with van der Waals surface area (Å²) in [5.41, 5.74) is 1.85. The van der Waals surface area contributed by atoms with Crippen molar-refractivity contribution in [1.82, 2.24) is 9.97 Å². The first kappa shape index (κ1) is 22.9. The fourth-order valence-electron chi connectivity index (χ4n) is 3.61. The summed E-state index contributed by atoms with van der Waals surface area (Å²) >= 11 is 6.10. The number of aromatic nitrogens is 2. The Morgan fingerprint density at radius 2 is 1.97 bits per heavy atom.